The van der Waals surface area contributed by atoms with Crippen molar-refractivity contribution in [2.24, 2.45) is 0 Å². The molecule has 0 saturated carbocycles. The summed E-state index contributed by atoms with van der Waals surface area (Å²) in [7, 11) is 0. The molecular weight excluding hydrogens is 805 g/mol. The van der Waals surface area contributed by atoms with E-state index in [0.717, 1.165) is 76.7 Å². The van der Waals surface area contributed by atoms with Gasteiger partial charge in [-0.3, -0.25) is 28.7 Å². The highest BCUT2D eigenvalue weighted by molar-refractivity contribution is 7.15. The number of aromatic nitrogens is 4. The van der Waals surface area contributed by atoms with Crippen LogP contribution in [0.3, 0.4) is 0 Å². The number of ether oxygens (including phenoxy) is 2. The molecule has 0 spiro atoms. The van der Waals surface area contributed by atoms with Gasteiger partial charge in [-0.05, 0) is 53.7 Å². The van der Waals surface area contributed by atoms with Gasteiger partial charge >= 0.3 is 12.2 Å². The molecule has 16 nitrogen and oxygen atoms in total. The molecule has 6 heterocycles. The highest BCUT2D eigenvalue weighted by Crippen LogP contribution is 2.34. The highest BCUT2D eigenvalue weighted by atomic mass is 32.1. The maximum atomic E-state index is 12.2. The molecule has 60 heavy (non-hydrogen) atoms. The van der Waals surface area contributed by atoms with Crippen LogP contribution in [0.4, 0.5) is 21.0 Å². The van der Waals surface area contributed by atoms with E-state index in [2.05, 4.69) is 25.8 Å². The van der Waals surface area contributed by atoms with E-state index in [1.807, 2.05) is 81.8 Å². The molecule has 318 valence electrons. The number of rotatable bonds is 7. The van der Waals surface area contributed by atoms with Crippen molar-refractivity contribution in [3.8, 4) is 22.5 Å². The van der Waals surface area contributed by atoms with Gasteiger partial charge in [-0.15, -0.1) is 22.7 Å². The van der Waals surface area contributed by atoms with Gasteiger partial charge in [-0.25, -0.2) is 19.6 Å². The summed E-state index contributed by atoms with van der Waals surface area (Å²) in [6, 6.07) is 14.6. The molecule has 2 fully saturated rings. The summed E-state index contributed by atoms with van der Waals surface area (Å²) in [5, 5.41) is 15.4. The van der Waals surface area contributed by atoms with Gasteiger partial charge in [0.25, 0.3) is 5.69 Å². The van der Waals surface area contributed by atoms with E-state index in [1.165, 1.54) is 17.4 Å². The van der Waals surface area contributed by atoms with E-state index in [0.29, 0.717) is 38.3 Å². The number of nitro benzene ring substituents is 1. The van der Waals surface area contributed by atoms with Gasteiger partial charge in [-0.1, -0.05) is 30.3 Å². The second-order valence-electron chi connectivity index (χ2n) is 16.9. The number of para-hydroxylation sites is 2. The van der Waals surface area contributed by atoms with E-state index in [1.54, 1.807) is 39.3 Å². The molecule has 2 aromatic carbocycles. The Morgan fingerprint density at radius 2 is 1.10 bits per heavy atom. The number of nitrogens with two attached hydrogens (primary N) is 1. The summed E-state index contributed by atoms with van der Waals surface area (Å²) in [5.74, 6) is 0. The number of nitro groups is 1. The third-order valence-corrected chi connectivity index (χ3v) is 11.6. The lowest BCUT2D eigenvalue weighted by Crippen LogP contribution is -2.49. The molecule has 2 aliphatic rings. The molecule has 4 aromatic heterocycles. The smallest absolute Gasteiger partial charge is 0.410 e. The normalized spacial score (nSPS) is 15.6. The average molecular weight is 857 g/mol. The van der Waals surface area contributed by atoms with Crippen LogP contribution in [0.2, 0.25) is 0 Å². The number of fused-ring (bicyclic) bond motifs is 2. The topological polar surface area (TPSA) is 169 Å². The molecule has 18 heteroatoms. The Labute approximate surface area is 356 Å². The van der Waals surface area contributed by atoms with Gasteiger partial charge in [-0.2, -0.15) is 0 Å². The van der Waals surface area contributed by atoms with E-state index in [4.69, 9.17) is 25.2 Å². The fourth-order valence-corrected chi connectivity index (χ4v) is 8.85. The maximum absolute atomic E-state index is 12.2. The Kier molecular flexibility index (Phi) is 12.5. The maximum Gasteiger partial charge on any atom is 0.410 e. The second kappa shape index (κ2) is 17.6. The van der Waals surface area contributed by atoms with Gasteiger partial charge in [0, 0.05) is 106 Å². The minimum absolute atomic E-state index is 0.0794. The van der Waals surface area contributed by atoms with Crippen molar-refractivity contribution in [2.75, 3.05) is 58.1 Å². The molecule has 6 aromatic rings. The molecule has 2 aliphatic heterocycles. The predicted molar refractivity (Wildman–Crippen MR) is 234 cm³/mol. The summed E-state index contributed by atoms with van der Waals surface area (Å²) >= 11 is 3.08. The summed E-state index contributed by atoms with van der Waals surface area (Å²) in [5.41, 5.74) is 11.4. The van der Waals surface area contributed by atoms with E-state index >= 15 is 0 Å². The molecule has 0 atom stereocenters. The van der Waals surface area contributed by atoms with Crippen molar-refractivity contribution in [3.63, 3.8) is 0 Å². The molecule has 0 aliphatic carbocycles. The number of carbonyl (C=O) groups is 2. The first-order valence-corrected chi connectivity index (χ1v) is 21.7. The van der Waals surface area contributed by atoms with Crippen LogP contribution in [-0.2, 0) is 22.6 Å². The van der Waals surface area contributed by atoms with Crippen molar-refractivity contribution in [3.05, 3.63) is 93.2 Å². The number of nitrogens with zero attached hydrogens (tertiary/aromatic N) is 9. The van der Waals surface area contributed by atoms with Gasteiger partial charge in [0.05, 0.1) is 33.3 Å². The van der Waals surface area contributed by atoms with Crippen molar-refractivity contribution < 1.29 is 24.0 Å². The highest BCUT2D eigenvalue weighted by Gasteiger charge is 2.28. The van der Waals surface area contributed by atoms with E-state index < -0.39 is 11.2 Å². The molecule has 8 rings (SSSR count). The zero-order valence-electron chi connectivity index (χ0n) is 34.9. The SMILES string of the molecule is CC(C)(C)OC(=O)N1CCN(Cc2cn3c(-c4ccccc4N)csc3n2)CC1.CC(C)(C)OC(=O)N1CCN(Cc2cn3c(-c4ccccc4[N+](=O)[O-])csc3n2)CC1. The average Bonchev–Trinajstić information content (AvgIpc) is 3.97. The van der Waals surface area contributed by atoms with Crippen LogP contribution in [-0.4, -0.2) is 119 Å². The van der Waals surface area contributed by atoms with Gasteiger partial charge in [0.15, 0.2) is 9.92 Å². The van der Waals surface area contributed by atoms with E-state index in [-0.39, 0.29) is 22.8 Å². The molecule has 2 N–H and O–H groups in total. The molecule has 2 amide bonds. The summed E-state index contributed by atoms with van der Waals surface area (Å²) in [6.45, 7) is 18.3. The molecule has 0 unspecified atom stereocenters. The fraction of sp³-hybridized carbons (Fsp3) is 0.429. The molecule has 0 bridgehead atoms. The van der Waals surface area contributed by atoms with Crippen LogP contribution in [0, 0.1) is 10.1 Å². The number of benzene rings is 2. The van der Waals surface area contributed by atoms with Crippen molar-refractivity contribution in [1.82, 2.24) is 38.4 Å². The van der Waals surface area contributed by atoms with Gasteiger partial charge < -0.3 is 25.0 Å². The van der Waals surface area contributed by atoms with Crippen LogP contribution in [0.1, 0.15) is 52.9 Å². The fourth-order valence-electron chi connectivity index (χ4n) is 7.07. The molecular formula is C42H52N10O6S2. The minimum atomic E-state index is -0.498. The largest absolute Gasteiger partial charge is 0.444 e. The Morgan fingerprint density at radius 3 is 1.53 bits per heavy atom. The van der Waals surface area contributed by atoms with Crippen molar-refractivity contribution >= 4 is 56.2 Å². The Balaban J connectivity index is 0.000000182. The van der Waals surface area contributed by atoms with Gasteiger partial charge in [0.1, 0.15) is 11.2 Å². The summed E-state index contributed by atoms with van der Waals surface area (Å²) < 4.78 is 14.9. The molecule has 2 saturated heterocycles. The van der Waals surface area contributed by atoms with Crippen LogP contribution >= 0.6 is 22.7 Å². The van der Waals surface area contributed by atoms with Gasteiger partial charge in [0.2, 0.25) is 0 Å². The Bertz CT molecular complexity index is 2460. The number of nitrogen functional groups attached to an aromatic ring is 1. The quantitative estimate of drug-likeness (QED) is 0.0948. The van der Waals surface area contributed by atoms with Crippen LogP contribution in [0.5, 0.6) is 0 Å². The number of anilines is 1. The minimum Gasteiger partial charge on any atom is -0.444 e. The van der Waals surface area contributed by atoms with Crippen LogP contribution in [0.15, 0.2) is 71.7 Å². The first kappa shape index (κ1) is 42.6. The third kappa shape index (κ3) is 10.2. The lowest BCUT2D eigenvalue weighted by Gasteiger charge is -2.35. The summed E-state index contributed by atoms with van der Waals surface area (Å²) in [4.78, 5) is 54.8. The Hall–Kier alpha value is -5.56. The first-order chi connectivity index (χ1) is 28.5. The van der Waals surface area contributed by atoms with Crippen molar-refractivity contribution in [2.45, 2.75) is 65.8 Å². The van der Waals surface area contributed by atoms with Crippen LogP contribution < -0.4 is 5.73 Å². The summed E-state index contributed by atoms with van der Waals surface area (Å²) in [6.07, 6.45) is 3.53. The zero-order chi connectivity index (χ0) is 42.8. The lowest BCUT2D eigenvalue weighted by atomic mass is 10.1. The number of hydrogen-bond acceptors (Lipinski definition) is 13. The number of hydrogen-bond donors (Lipinski definition) is 1. The predicted octanol–water partition coefficient (Wildman–Crippen LogP) is 7.72. The second-order valence-corrected chi connectivity index (χ2v) is 18.5. The number of piperazine rings is 2. The zero-order valence-corrected chi connectivity index (χ0v) is 36.5. The van der Waals surface area contributed by atoms with Crippen LogP contribution in [0.25, 0.3) is 32.4 Å². The number of imidazole rings is 2. The Morgan fingerprint density at radius 1 is 0.683 bits per heavy atom. The number of carbonyl (C=O) groups excluding carboxylic acids is 2. The monoisotopic (exact) mass is 856 g/mol. The third-order valence-electron chi connectivity index (χ3n) is 9.95. The number of thiazole rings is 2. The lowest BCUT2D eigenvalue weighted by molar-refractivity contribution is -0.384. The standard InChI is InChI=1S/C21H25N5O4S.C21H27N5O2S/c1-21(2,3)30-20(27)24-10-8-23(9-11-24)12-15-13-25-18(14-31-19(25)22-15)16-6-4-5-7-17(16)26(28)29;1-21(2,3)28-20(27)25-10-8-24(9-11-25)12-15-13-26-18(14-29-19(26)23-15)16-6-4-5-7-17(16)22/h4-7,13-14H,8-12H2,1-3H3;4-7,13-14H,8-12,22H2,1-3H3. The molecule has 0 radical (unpaired) electrons. The van der Waals surface area contributed by atoms with Crippen molar-refractivity contribution in [1.29, 1.82) is 0 Å². The van der Waals surface area contributed by atoms with E-state index in [9.17, 15) is 19.7 Å². The first-order valence-electron chi connectivity index (χ1n) is 19.9. The number of amides is 2.